The Morgan fingerprint density at radius 3 is 2.76 bits per heavy atom. The summed E-state index contributed by atoms with van der Waals surface area (Å²) in [6, 6.07) is -0.430. The first-order valence-electron chi connectivity index (χ1n) is 5.87. The monoisotopic (exact) mass is 255 g/mol. The molecule has 0 aliphatic carbocycles. The Balaban J connectivity index is 2.69. The highest BCUT2D eigenvalue weighted by Gasteiger charge is 2.27. The van der Waals surface area contributed by atoms with Crippen LogP contribution in [-0.4, -0.2) is 16.9 Å². The fraction of sp³-hybridized carbons (Fsp3) is 0.667. The van der Waals surface area contributed by atoms with Crippen LogP contribution in [-0.2, 0) is 10.3 Å². The molecule has 1 aromatic rings. The Kier molecular flexibility index (Phi) is 4.65. The SMILES string of the molecule is CCCC(N)C(=O)NC(C)(C)c1ncc(C)s1. The fourth-order valence-corrected chi connectivity index (χ4v) is 2.36. The standard InChI is InChI=1S/C12H21N3OS/c1-5-6-9(13)10(16)15-12(3,4)11-14-7-8(2)17-11/h7,9H,5-6,13H2,1-4H3,(H,15,16). The summed E-state index contributed by atoms with van der Waals surface area (Å²) in [4.78, 5) is 17.3. The third-order valence-corrected chi connectivity index (χ3v) is 3.76. The van der Waals surface area contributed by atoms with Gasteiger partial charge in [0.25, 0.3) is 0 Å². The van der Waals surface area contributed by atoms with Crippen molar-refractivity contribution in [2.75, 3.05) is 0 Å². The lowest BCUT2D eigenvalue weighted by atomic mass is 10.1. The fourth-order valence-electron chi connectivity index (χ4n) is 1.54. The van der Waals surface area contributed by atoms with Gasteiger partial charge in [0.05, 0.1) is 11.6 Å². The van der Waals surface area contributed by atoms with E-state index in [4.69, 9.17) is 5.73 Å². The van der Waals surface area contributed by atoms with Gasteiger partial charge in [0.1, 0.15) is 5.01 Å². The van der Waals surface area contributed by atoms with Crippen LogP contribution in [0.1, 0.15) is 43.5 Å². The van der Waals surface area contributed by atoms with Crippen LogP contribution in [0.3, 0.4) is 0 Å². The van der Waals surface area contributed by atoms with E-state index in [1.807, 2.05) is 33.9 Å². The Hall–Kier alpha value is -0.940. The van der Waals surface area contributed by atoms with Crippen molar-refractivity contribution in [3.05, 3.63) is 16.1 Å². The smallest absolute Gasteiger partial charge is 0.237 e. The van der Waals surface area contributed by atoms with E-state index >= 15 is 0 Å². The number of nitrogens with two attached hydrogens (primary N) is 1. The van der Waals surface area contributed by atoms with Crippen LogP contribution in [0.25, 0.3) is 0 Å². The van der Waals surface area contributed by atoms with Crippen molar-refractivity contribution in [2.24, 2.45) is 5.73 Å². The highest BCUT2D eigenvalue weighted by atomic mass is 32.1. The van der Waals surface area contributed by atoms with Gasteiger partial charge in [0.15, 0.2) is 0 Å². The first kappa shape index (κ1) is 14.1. The van der Waals surface area contributed by atoms with Crippen molar-refractivity contribution in [3.8, 4) is 0 Å². The molecule has 0 fully saturated rings. The van der Waals surface area contributed by atoms with Gasteiger partial charge in [-0.25, -0.2) is 4.98 Å². The number of nitrogens with one attached hydrogen (secondary N) is 1. The molecule has 1 unspecified atom stereocenters. The van der Waals surface area contributed by atoms with Gasteiger partial charge in [-0.3, -0.25) is 4.79 Å². The summed E-state index contributed by atoms with van der Waals surface area (Å²) in [5.74, 6) is -0.107. The molecular weight excluding hydrogens is 234 g/mol. The van der Waals surface area contributed by atoms with Crippen molar-refractivity contribution in [1.29, 1.82) is 0 Å². The molecule has 0 bridgehead atoms. The Morgan fingerprint density at radius 1 is 1.65 bits per heavy atom. The third kappa shape index (κ3) is 3.78. The summed E-state index contributed by atoms with van der Waals surface area (Å²) in [6.45, 7) is 7.91. The van der Waals surface area contributed by atoms with E-state index in [9.17, 15) is 4.79 Å². The number of hydrogen-bond acceptors (Lipinski definition) is 4. The number of rotatable bonds is 5. The first-order chi connectivity index (χ1) is 7.86. The average Bonchev–Trinajstić information content (AvgIpc) is 2.65. The largest absolute Gasteiger partial charge is 0.343 e. The quantitative estimate of drug-likeness (QED) is 0.844. The number of aromatic nitrogens is 1. The van der Waals surface area contributed by atoms with Crippen molar-refractivity contribution in [2.45, 2.75) is 52.1 Å². The van der Waals surface area contributed by atoms with Crippen molar-refractivity contribution in [1.82, 2.24) is 10.3 Å². The maximum Gasteiger partial charge on any atom is 0.237 e. The van der Waals surface area contributed by atoms with E-state index < -0.39 is 11.6 Å². The van der Waals surface area contributed by atoms with Crippen LogP contribution in [0.5, 0.6) is 0 Å². The van der Waals surface area contributed by atoms with Gasteiger partial charge in [-0.2, -0.15) is 0 Å². The lowest BCUT2D eigenvalue weighted by Crippen LogP contribution is -2.48. The molecule has 0 radical (unpaired) electrons. The molecule has 5 heteroatoms. The van der Waals surface area contributed by atoms with Crippen LogP contribution >= 0.6 is 11.3 Å². The van der Waals surface area contributed by atoms with Crippen molar-refractivity contribution >= 4 is 17.2 Å². The van der Waals surface area contributed by atoms with E-state index in [1.165, 1.54) is 0 Å². The van der Waals surface area contributed by atoms with Gasteiger partial charge in [-0.05, 0) is 27.2 Å². The summed E-state index contributed by atoms with van der Waals surface area (Å²) >= 11 is 1.60. The summed E-state index contributed by atoms with van der Waals surface area (Å²) in [6.07, 6.45) is 3.43. The molecule has 0 saturated heterocycles. The molecule has 0 spiro atoms. The number of carbonyl (C=O) groups is 1. The van der Waals surface area contributed by atoms with E-state index in [-0.39, 0.29) is 5.91 Å². The molecule has 4 nitrogen and oxygen atoms in total. The maximum atomic E-state index is 11.9. The molecule has 3 N–H and O–H groups in total. The number of aryl methyl sites for hydroxylation is 1. The van der Waals surface area contributed by atoms with Gasteiger partial charge in [-0.15, -0.1) is 11.3 Å². The predicted octanol–water partition coefficient (Wildman–Crippen LogP) is 1.93. The van der Waals surface area contributed by atoms with Crippen LogP contribution in [0.2, 0.25) is 0 Å². The topological polar surface area (TPSA) is 68.0 Å². The predicted molar refractivity (Wildman–Crippen MR) is 70.9 cm³/mol. The zero-order valence-electron chi connectivity index (χ0n) is 10.9. The lowest BCUT2D eigenvalue weighted by molar-refractivity contribution is -0.124. The minimum absolute atomic E-state index is 0.107. The summed E-state index contributed by atoms with van der Waals surface area (Å²) < 4.78 is 0. The molecule has 1 amide bonds. The van der Waals surface area contributed by atoms with Gasteiger partial charge in [-0.1, -0.05) is 13.3 Å². The molecule has 96 valence electrons. The van der Waals surface area contributed by atoms with E-state index in [0.29, 0.717) is 6.42 Å². The highest BCUT2D eigenvalue weighted by Crippen LogP contribution is 2.24. The molecule has 0 aliphatic heterocycles. The van der Waals surface area contributed by atoms with Gasteiger partial charge in [0, 0.05) is 11.1 Å². The van der Waals surface area contributed by atoms with Crippen molar-refractivity contribution < 1.29 is 4.79 Å². The Bertz CT molecular complexity index is 387. The molecule has 0 saturated carbocycles. The van der Waals surface area contributed by atoms with E-state index in [1.54, 1.807) is 11.3 Å². The molecule has 1 rings (SSSR count). The minimum atomic E-state index is -0.457. The molecular formula is C12H21N3OS. The first-order valence-corrected chi connectivity index (χ1v) is 6.69. The van der Waals surface area contributed by atoms with Gasteiger partial charge >= 0.3 is 0 Å². The Labute approximate surface area is 107 Å². The molecule has 0 aliphatic rings. The molecule has 0 aromatic carbocycles. The molecule has 1 atom stereocenters. The minimum Gasteiger partial charge on any atom is -0.343 e. The van der Waals surface area contributed by atoms with Gasteiger partial charge in [0.2, 0.25) is 5.91 Å². The van der Waals surface area contributed by atoms with Gasteiger partial charge < -0.3 is 11.1 Å². The van der Waals surface area contributed by atoms with Crippen LogP contribution in [0.4, 0.5) is 0 Å². The molecule has 1 aromatic heterocycles. The molecule has 17 heavy (non-hydrogen) atoms. The summed E-state index contributed by atoms with van der Waals surface area (Å²) in [7, 11) is 0. The number of nitrogens with zero attached hydrogens (tertiary/aromatic N) is 1. The normalized spacial score (nSPS) is 13.5. The maximum absolute atomic E-state index is 11.9. The van der Waals surface area contributed by atoms with Crippen LogP contribution in [0, 0.1) is 6.92 Å². The number of hydrogen-bond donors (Lipinski definition) is 2. The highest BCUT2D eigenvalue weighted by molar-refractivity contribution is 7.11. The second-order valence-electron chi connectivity index (χ2n) is 4.79. The molecule has 1 heterocycles. The van der Waals surface area contributed by atoms with Crippen LogP contribution in [0.15, 0.2) is 6.20 Å². The third-order valence-electron chi connectivity index (χ3n) is 2.53. The summed E-state index contributed by atoms with van der Waals surface area (Å²) in [5.41, 5.74) is 5.33. The zero-order chi connectivity index (χ0) is 13.1. The van der Waals surface area contributed by atoms with E-state index in [2.05, 4.69) is 10.3 Å². The average molecular weight is 255 g/mol. The van der Waals surface area contributed by atoms with Crippen molar-refractivity contribution in [3.63, 3.8) is 0 Å². The lowest BCUT2D eigenvalue weighted by Gasteiger charge is -2.25. The number of thiazole rings is 1. The zero-order valence-corrected chi connectivity index (χ0v) is 11.7. The second kappa shape index (κ2) is 5.60. The number of amides is 1. The second-order valence-corrected chi connectivity index (χ2v) is 6.02. The summed E-state index contributed by atoms with van der Waals surface area (Å²) in [5, 5.41) is 3.86. The van der Waals surface area contributed by atoms with E-state index in [0.717, 1.165) is 16.3 Å². The number of carbonyl (C=O) groups excluding carboxylic acids is 1. The Morgan fingerprint density at radius 2 is 2.29 bits per heavy atom. The van der Waals surface area contributed by atoms with Crippen LogP contribution < -0.4 is 11.1 Å².